The van der Waals surface area contributed by atoms with Crippen LogP contribution in [0.3, 0.4) is 0 Å². The van der Waals surface area contributed by atoms with E-state index < -0.39 is 18.2 Å². The number of sulfone groups is 1. The lowest BCUT2D eigenvalue weighted by Crippen LogP contribution is -2.41. The Balaban J connectivity index is 2.34. The monoisotopic (exact) mass is 355 g/mol. The molecule has 128 valence electrons. The second-order valence-electron chi connectivity index (χ2n) is 7.50. The highest BCUT2D eigenvalue weighted by Crippen LogP contribution is 2.39. The first-order chi connectivity index (χ1) is 10.3. The van der Waals surface area contributed by atoms with Gasteiger partial charge in [0.05, 0.1) is 6.10 Å². The molecule has 1 unspecified atom stereocenters. The Morgan fingerprint density at radius 1 is 1.26 bits per heavy atom. The molecule has 0 N–H and O–H groups in total. The first-order valence-electron chi connectivity index (χ1n) is 7.60. The summed E-state index contributed by atoms with van der Waals surface area (Å²) in [5, 5.41) is -0.122. The van der Waals surface area contributed by atoms with Crippen LogP contribution in [-0.4, -0.2) is 28.0 Å². The lowest BCUT2D eigenvalue weighted by molar-refractivity contribution is 0.203. The lowest BCUT2D eigenvalue weighted by atomic mass is 10.1. The molecule has 0 aliphatic heterocycles. The van der Waals surface area contributed by atoms with Crippen molar-refractivity contribution >= 4 is 29.3 Å². The molecule has 23 heavy (non-hydrogen) atoms. The molecule has 7 heteroatoms. The quantitative estimate of drug-likeness (QED) is 0.764. The highest BCUT2D eigenvalue weighted by Gasteiger charge is 2.38. The van der Waals surface area contributed by atoms with Crippen LogP contribution in [0.25, 0.3) is 11.1 Å². The number of benzene rings is 1. The lowest BCUT2D eigenvalue weighted by Gasteiger charge is -2.38. The zero-order valence-electron chi connectivity index (χ0n) is 14.8. The molecule has 2 aromatic rings. The van der Waals surface area contributed by atoms with Gasteiger partial charge >= 0.3 is 5.22 Å². The van der Waals surface area contributed by atoms with Crippen molar-refractivity contribution in [2.24, 2.45) is 0 Å². The number of fused-ring (bicyclic) bond motifs is 1. The third kappa shape index (κ3) is 3.84. The van der Waals surface area contributed by atoms with Gasteiger partial charge in [0.1, 0.15) is 5.52 Å². The Morgan fingerprint density at radius 3 is 2.39 bits per heavy atom. The van der Waals surface area contributed by atoms with Gasteiger partial charge in [-0.1, -0.05) is 26.8 Å². The van der Waals surface area contributed by atoms with Gasteiger partial charge in [-0.25, -0.2) is 8.42 Å². The van der Waals surface area contributed by atoms with Crippen molar-refractivity contribution < 1.29 is 17.3 Å². The summed E-state index contributed by atoms with van der Waals surface area (Å²) in [5.41, 5.74) is 1.96. The normalized spacial score (nSPS) is 15.1. The van der Waals surface area contributed by atoms with Crippen molar-refractivity contribution in [3.8, 4) is 0 Å². The summed E-state index contributed by atoms with van der Waals surface area (Å²) < 4.78 is 34.8. The minimum absolute atomic E-state index is 0.0907. The molecule has 5 nitrogen and oxygen atoms in total. The summed E-state index contributed by atoms with van der Waals surface area (Å²) in [4.78, 5) is 4.01. The largest absolute Gasteiger partial charge is 0.428 e. The van der Waals surface area contributed by atoms with Crippen LogP contribution < -0.4 is 0 Å². The van der Waals surface area contributed by atoms with Gasteiger partial charge in [0.2, 0.25) is 9.84 Å². The van der Waals surface area contributed by atoms with E-state index in [1.807, 2.05) is 19.1 Å². The molecule has 0 amide bonds. The summed E-state index contributed by atoms with van der Waals surface area (Å²) >= 11 is 0. The van der Waals surface area contributed by atoms with Crippen molar-refractivity contribution in [2.75, 3.05) is 6.26 Å². The molecule has 0 radical (unpaired) electrons. The van der Waals surface area contributed by atoms with Crippen LogP contribution in [0.4, 0.5) is 0 Å². The molecule has 2 rings (SSSR count). The summed E-state index contributed by atoms with van der Waals surface area (Å²) in [5.74, 6) is 0. The number of hydrogen-bond donors (Lipinski definition) is 0. The Morgan fingerprint density at radius 2 is 1.87 bits per heavy atom. The number of rotatable bonds is 4. The van der Waals surface area contributed by atoms with E-state index in [4.69, 9.17) is 8.84 Å². The third-order valence-corrected chi connectivity index (χ3v) is 9.82. The van der Waals surface area contributed by atoms with Gasteiger partial charge in [0.15, 0.2) is 13.9 Å². The molecule has 0 saturated heterocycles. The van der Waals surface area contributed by atoms with Crippen LogP contribution in [0.2, 0.25) is 18.1 Å². The molecular formula is C16H25NO4SSi. The van der Waals surface area contributed by atoms with Gasteiger partial charge in [0.25, 0.3) is 0 Å². The van der Waals surface area contributed by atoms with Crippen LogP contribution >= 0.6 is 0 Å². The third-order valence-electron chi connectivity index (χ3n) is 4.46. The highest BCUT2D eigenvalue weighted by atomic mass is 32.2. The fourth-order valence-electron chi connectivity index (χ4n) is 2.02. The maximum absolute atomic E-state index is 11.5. The number of nitrogens with zero attached hydrogens (tertiary/aromatic N) is 1. The molecular weight excluding hydrogens is 330 g/mol. The molecule has 0 bridgehead atoms. The minimum Gasteiger partial charge on any atom is -0.428 e. The average molecular weight is 356 g/mol. The number of oxazole rings is 1. The highest BCUT2D eigenvalue weighted by molar-refractivity contribution is 7.90. The smallest absolute Gasteiger partial charge is 0.315 e. The Kier molecular flexibility index (Phi) is 4.51. The Hall–Kier alpha value is -1.18. The van der Waals surface area contributed by atoms with E-state index in [1.54, 1.807) is 6.07 Å². The van der Waals surface area contributed by atoms with E-state index in [2.05, 4.69) is 38.8 Å². The standard InChI is InChI=1S/C16H25NO4SSi/c1-11(21-23(6,7)16(2,3)4)12-8-9-13-14(10-12)20-15(17-13)22(5,18)19/h8-11H,1-7H3. The second kappa shape index (κ2) is 5.72. The number of aromatic nitrogens is 1. The van der Waals surface area contributed by atoms with Crippen molar-refractivity contribution in [3.05, 3.63) is 23.8 Å². The molecule has 0 aliphatic rings. The van der Waals surface area contributed by atoms with Crippen LogP contribution in [0, 0.1) is 0 Å². The van der Waals surface area contributed by atoms with Crippen LogP contribution in [0.5, 0.6) is 0 Å². The molecule has 1 aromatic carbocycles. The van der Waals surface area contributed by atoms with Crippen molar-refractivity contribution in [1.29, 1.82) is 0 Å². The Labute approximate surface area is 139 Å². The minimum atomic E-state index is -3.45. The topological polar surface area (TPSA) is 69.4 Å². The fourth-order valence-corrected chi connectivity index (χ4v) is 3.90. The van der Waals surface area contributed by atoms with E-state index >= 15 is 0 Å². The summed E-state index contributed by atoms with van der Waals surface area (Å²) in [6.45, 7) is 13.0. The van der Waals surface area contributed by atoms with Gasteiger partial charge < -0.3 is 8.84 Å². The SMILES string of the molecule is CC(O[Si](C)(C)C(C)(C)C)c1ccc2nc(S(C)(=O)=O)oc2c1. The van der Waals surface area contributed by atoms with Crippen LogP contribution in [0.15, 0.2) is 27.8 Å². The molecule has 0 spiro atoms. The van der Waals surface area contributed by atoms with Gasteiger partial charge in [-0.3, -0.25) is 0 Å². The molecule has 0 saturated carbocycles. The van der Waals surface area contributed by atoms with Gasteiger partial charge in [-0.2, -0.15) is 4.98 Å². The van der Waals surface area contributed by atoms with Gasteiger partial charge in [0, 0.05) is 6.26 Å². The average Bonchev–Trinajstić information content (AvgIpc) is 2.79. The molecule has 0 aliphatic carbocycles. The van der Waals surface area contributed by atoms with Crippen LogP contribution in [-0.2, 0) is 14.3 Å². The first kappa shape index (κ1) is 18.2. The first-order valence-corrected chi connectivity index (χ1v) is 12.4. The molecule has 1 heterocycles. The molecule has 0 fully saturated rings. The summed E-state index contributed by atoms with van der Waals surface area (Å²) in [6, 6.07) is 5.50. The predicted molar refractivity (Wildman–Crippen MR) is 93.8 cm³/mol. The zero-order valence-corrected chi connectivity index (χ0v) is 16.6. The summed E-state index contributed by atoms with van der Waals surface area (Å²) in [7, 11) is -5.33. The van der Waals surface area contributed by atoms with Crippen molar-refractivity contribution in [3.63, 3.8) is 0 Å². The maximum atomic E-state index is 11.5. The van der Waals surface area contributed by atoms with Crippen molar-refractivity contribution in [2.45, 2.75) is 57.2 Å². The van der Waals surface area contributed by atoms with Crippen LogP contribution in [0.1, 0.15) is 39.4 Å². The van der Waals surface area contributed by atoms with E-state index in [-0.39, 0.29) is 16.4 Å². The number of hydrogen-bond acceptors (Lipinski definition) is 5. The van der Waals surface area contributed by atoms with Crippen molar-refractivity contribution in [1.82, 2.24) is 4.98 Å². The van der Waals surface area contributed by atoms with E-state index in [0.29, 0.717) is 11.1 Å². The summed E-state index contributed by atoms with van der Waals surface area (Å²) in [6.07, 6.45) is 0.994. The maximum Gasteiger partial charge on any atom is 0.315 e. The fraction of sp³-hybridized carbons (Fsp3) is 0.562. The Bertz CT molecular complexity index is 818. The van der Waals surface area contributed by atoms with Gasteiger partial charge in [-0.15, -0.1) is 0 Å². The van der Waals surface area contributed by atoms with E-state index in [9.17, 15) is 8.42 Å². The second-order valence-corrected chi connectivity index (χ2v) is 14.1. The molecule has 1 aromatic heterocycles. The van der Waals surface area contributed by atoms with Gasteiger partial charge in [-0.05, 0) is 42.8 Å². The zero-order chi connectivity index (χ0) is 17.6. The van der Waals surface area contributed by atoms with E-state index in [0.717, 1.165) is 11.8 Å². The predicted octanol–water partition coefficient (Wildman–Crippen LogP) is 4.31. The molecule has 1 atom stereocenters. The van der Waals surface area contributed by atoms with E-state index in [1.165, 1.54) is 0 Å².